The quantitative estimate of drug-likeness (QED) is 0.537. The summed E-state index contributed by atoms with van der Waals surface area (Å²) >= 11 is 0. The molecule has 1 aliphatic rings. The van der Waals surface area contributed by atoms with Gasteiger partial charge in [0.15, 0.2) is 0 Å². The van der Waals surface area contributed by atoms with Crippen molar-refractivity contribution in [2.24, 2.45) is 0 Å². The van der Waals surface area contributed by atoms with Crippen molar-refractivity contribution in [1.82, 2.24) is 10.3 Å². The number of carboxylic acids is 2. The van der Waals surface area contributed by atoms with Crippen LogP contribution in [0.15, 0.2) is 42.4 Å². The largest absolute Gasteiger partial charge is 0.478 e. The molecular formula is C18H25N3O5. The van der Waals surface area contributed by atoms with Gasteiger partial charge >= 0.3 is 11.9 Å². The Kier molecular flexibility index (Phi) is 9.48. The Morgan fingerprint density at radius 3 is 2.46 bits per heavy atom. The lowest BCUT2D eigenvalue weighted by Gasteiger charge is -2.22. The maximum absolute atomic E-state index is 9.55. The highest BCUT2D eigenvalue weighted by Gasteiger charge is 2.10. The number of hydrogen-bond acceptors (Lipinski definition) is 6. The molecule has 0 radical (unpaired) electrons. The van der Waals surface area contributed by atoms with E-state index in [1.165, 1.54) is 6.42 Å². The number of aliphatic carboxylic acids is 2. The number of rotatable bonds is 5. The van der Waals surface area contributed by atoms with E-state index in [1.54, 1.807) is 12.5 Å². The number of pyridine rings is 1. The maximum atomic E-state index is 9.55. The van der Waals surface area contributed by atoms with Gasteiger partial charge in [0.2, 0.25) is 0 Å². The van der Waals surface area contributed by atoms with Crippen molar-refractivity contribution in [3.05, 3.63) is 42.4 Å². The van der Waals surface area contributed by atoms with Crippen LogP contribution < -0.4 is 15.0 Å². The number of allylic oxidation sites excluding steroid dienone is 1. The Hall–Kier alpha value is -2.87. The lowest BCUT2D eigenvalue weighted by Crippen LogP contribution is -2.27. The molecule has 26 heavy (non-hydrogen) atoms. The van der Waals surface area contributed by atoms with E-state index < -0.39 is 11.9 Å². The average Bonchev–Trinajstić information content (AvgIpc) is 2.88. The van der Waals surface area contributed by atoms with Crippen LogP contribution in [0.25, 0.3) is 0 Å². The first-order valence-electron chi connectivity index (χ1n) is 8.23. The van der Waals surface area contributed by atoms with E-state index in [1.807, 2.05) is 20.0 Å². The Labute approximate surface area is 152 Å². The molecule has 1 aliphatic heterocycles. The number of anilines is 1. The van der Waals surface area contributed by atoms with E-state index in [9.17, 15) is 9.59 Å². The van der Waals surface area contributed by atoms with Crippen molar-refractivity contribution in [2.45, 2.75) is 20.3 Å². The van der Waals surface area contributed by atoms with Gasteiger partial charge in [0.1, 0.15) is 5.75 Å². The molecule has 8 nitrogen and oxygen atoms in total. The molecule has 0 spiro atoms. The summed E-state index contributed by atoms with van der Waals surface area (Å²) in [5.41, 5.74) is 2.28. The number of ether oxygens (including phenoxy) is 1. The van der Waals surface area contributed by atoms with Gasteiger partial charge in [-0.15, -0.1) is 0 Å². The summed E-state index contributed by atoms with van der Waals surface area (Å²) < 4.78 is 5.56. The minimum Gasteiger partial charge on any atom is -0.478 e. The Bertz CT molecular complexity index is 630. The summed E-state index contributed by atoms with van der Waals surface area (Å²) in [5, 5.41) is 19.0. The highest BCUT2D eigenvalue weighted by molar-refractivity contribution is 5.89. The third-order valence-corrected chi connectivity index (χ3v) is 3.20. The monoisotopic (exact) mass is 363 g/mol. The van der Waals surface area contributed by atoms with Gasteiger partial charge in [0, 0.05) is 37.9 Å². The summed E-state index contributed by atoms with van der Waals surface area (Å²) in [7, 11) is 0. The fourth-order valence-corrected chi connectivity index (χ4v) is 2.08. The minimum atomic E-state index is -1.26. The topological polar surface area (TPSA) is 112 Å². The van der Waals surface area contributed by atoms with E-state index >= 15 is 0 Å². The molecule has 0 saturated carbocycles. The van der Waals surface area contributed by atoms with Crippen LogP contribution in [0.1, 0.15) is 20.3 Å². The van der Waals surface area contributed by atoms with Crippen molar-refractivity contribution < 1.29 is 24.5 Å². The van der Waals surface area contributed by atoms with Crippen molar-refractivity contribution in [2.75, 3.05) is 31.1 Å². The Morgan fingerprint density at radius 2 is 1.85 bits per heavy atom. The average molecular weight is 363 g/mol. The second kappa shape index (κ2) is 11.6. The van der Waals surface area contributed by atoms with Crippen LogP contribution in [0.5, 0.6) is 5.75 Å². The smallest absolute Gasteiger partial charge is 0.328 e. The number of nitrogens with one attached hydrogen (secondary N) is 1. The number of hydrogen-bond donors (Lipinski definition) is 3. The molecule has 2 heterocycles. The van der Waals surface area contributed by atoms with Gasteiger partial charge in [-0.2, -0.15) is 0 Å². The lowest BCUT2D eigenvalue weighted by atomic mass is 10.3. The highest BCUT2D eigenvalue weighted by Crippen LogP contribution is 2.20. The fraction of sp³-hybridized carbons (Fsp3) is 0.389. The third-order valence-electron chi connectivity index (χ3n) is 3.20. The molecule has 2 rings (SSSR count). The molecule has 0 bridgehead atoms. The van der Waals surface area contributed by atoms with Gasteiger partial charge < -0.3 is 25.2 Å². The number of nitrogens with zero attached hydrogens (tertiary/aromatic N) is 2. The van der Waals surface area contributed by atoms with Gasteiger partial charge in [-0.3, -0.25) is 4.98 Å². The van der Waals surface area contributed by atoms with Crippen molar-refractivity contribution in [1.29, 1.82) is 0 Å². The number of aromatic nitrogens is 1. The summed E-state index contributed by atoms with van der Waals surface area (Å²) in [6.07, 6.45) is 7.69. The van der Waals surface area contributed by atoms with Crippen LogP contribution in [-0.4, -0.2) is 53.3 Å². The molecule has 0 amide bonds. The standard InChI is InChI=1S/C14H21N3O.C4H4O4/c1-12(2)11-18-14-8-13(9-16-10-14)17-6-3-4-15-5-7-17;5-3(6)1-2-4(7)8/h8-11,15H,3-7H2,1-2H3;1-2H,(H,5,6)(H,7,8)/b;2-1+. The summed E-state index contributed by atoms with van der Waals surface area (Å²) in [6.45, 7) is 8.24. The van der Waals surface area contributed by atoms with Gasteiger partial charge in [-0.05, 0) is 32.4 Å². The van der Waals surface area contributed by atoms with Gasteiger partial charge in [0.05, 0.1) is 24.3 Å². The molecule has 0 atom stereocenters. The molecule has 1 fully saturated rings. The van der Waals surface area contributed by atoms with E-state index in [4.69, 9.17) is 14.9 Å². The summed E-state index contributed by atoms with van der Waals surface area (Å²) in [6, 6.07) is 2.05. The molecule has 142 valence electrons. The highest BCUT2D eigenvalue weighted by atomic mass is 16.5. The van der Waals surface area contributed by atoms with E-state index in [0.29, 0.717) is 12.2 Å². The first kappa shape index (κ1) is 21.2. The first-order valence-corrected chi connectivity index (χ1v) is 8.23. The summed E-state index contributed by atoms with van der Waals surface area (Å²) in [5.74, 6) is -1.72. The molecule has 8 heteroatoms. The van der Waals surface area contributed by atoms with E-state index in [2.05, 4.69) is 21.3 Å². The zero-order valence-electron chi connectivity index (χ0n) is 15.0. The van der Waals surface area contributed by atoms with E-state index in [-0.39, 0.29) is 0 Å². The van der Waals surface area contributed by atoms with Crippen LogP contribution in [-0.2, 0) is 9.59 Å². The molecule has 0 unspecified atom stereocenters. The van der Waals surface area contributed by atoms with Gasteiger partial charge in [0.25, 0.3) is 0 Å². The zero-order valence-corrected chi connectivity index (χ0v) is 15.0. The Balaban J connectivity index is 0.000000359. The van der Waals surface area contributed by atoms with Crippen LogP contribution in [0, 0.1) is 0 Å². The molecule has 0 aromatic carbocycles. The second-order valence-electron chi connectivity index (χ2n) is 5.79. The Morgan fingerprint density at radius 1 is 1.15 bits per heavy atom. The van der Waals surface area contributed by atoms with Crippen LogP contribution in [0.2, 0.25) is 0 Å². The molecule has 3 N–H and O–H groups in total. The van der Waals surface area contributed by atoms with Crippen molar-refractivity contribution in [3.8, 4) is 5.75 Å². The van der Waals surface area contributed by atoms with Crippen LogP contribution >= 0.6 is 0 Å². The summed E-state index contributed by atoms with van der Waals surface area (Å²) in [4.78, 5) is 25.7. The predicted molar refractivity (Wildman–Crippen MR) is 98.4 cm³/mol. The predicted octanol–water partition coefficient (Wildman–Crippen LogP) is 1.90. The van der Waals surface area contributed by atoms with E-state index in [0.717, 1.165) is 43.2 Å². The fourth-order valence-electron chi connectivity index (χ4n) is 2.08. The van der Waals surface area contributed by atoms with Gasteiger partial charge in [-0.1, -0.05) is 0 Å². The third kappa shape index (κ3) is 9.43. The molecule has 1 saturated heterocycles. The molecule has 1 aromatic heterocycles. The maximum Gasteiger partial charge on any atom is 0.328 e. The first-order chi connectivity index (χ1) is 12.4. The minimum absolute atomic E-state index is 0.558. The van der Waals surface area contributed by atoms with Gasteiger partial charge in [-0.25, -0.2) is 9.59 Å². The number of carboxylic acid groups (broad SMARTS) is 2. The molecule has 0 aliphatic carbocycles. The van der Waals surface area contributed by atoms with Crippen LogP contribution in [0.4, 0.5) is 5.69 Å². The number of carbonyl (C=O) groups is 2. The van der Waals surface area contributed by atoms with Crippen LogP contribution in [0.3, 0.4) is 0 Å². The molecular weight excluding hydrogens is 338 g/mol. The normalized spacial score (nSPS) is 14.0. The zero-order chi connectivity index (χ0) is 19.4. The second-order valence-corrected chi connectivity index (χ2v) is 5.79. The van der Waals surface area contributed by atoms with Crippen molar-refractivity contribution in [3.63, 3.8) is 0 Å². The lowest BCUT2D eigenvalue weighted by molar-refractivity contribution is -0.134. The van der Waals surface area contributed by atoms with Crippen molar-refractivity contribution >= 4 is 17.6 Å². The molecule has 1 aromatic rings. The SMILES string of the molecule is CC(C)=COc1cncc(N2CCCNCC2)c1.O=C(O)/C=C/C(=O)O.